The van der Waals surface area contributed by atoms with Crippen molar-refractivity contribution in [3.8, 4) is 6.19 Å². The summed E-state index contributed by atoms with van der Waals surface area (Å²) in [5.74, 6) is -1.89. The number of nitrogens with two attached hydrogens (primary N) is 1. The predicted molar refractivity (Wildman–Crippen MR) is 142 cm³/mol. The lowest BCUT2D eigenvalue weighted by Crippen LogP contribution is -2.51. The second kappa shape index (κ2) is 12.4. The van der Waals surface area contributed by atoms with Gasteiger partial charge in [0.25, 0.3) is 20.0 Å². The van der Waals surface area contributed by atoms with Gasteiger partial charge in [0.1, 0.15) is 6.04 Å². The van der Waals surface area contributed by atoms with Gasteiger partial charge in [0.15, 0.2) is 6.19 Å². The molecule has 0 aliphatic carbocycles. The SMILES string of the molecule is Cc1ccc(S(=O)(=O)NC(=O)N2CCC[C@H]2C(=O)NCC(=O)Nc2ccc(S(=O)(=O)/N=C(\N)NC#N)cc2)cc1. The van der Waals surface area contributed by atoms with Crippen molar-refractivity contribution in [3.05, 3.63) is 54.1 Å². The summed E-state index contributed by atoms with van der Waals surface area (Å²) in [6, 6.07) is 8.87. The summed E-state index contributed by atoms with van der Waals surface area (Å²) in [5.41, 5.74) is 6.34. The molecule has 0 radical (unpaired) electrons. The van der Waals surface area contributed by atoms with E-state index in [9.17, 15) is 31.2 Å². The fourth-order valence-corrected chi connectivity index (χ4v) is 5.54. The standard InChI is InChI=1S/C23H26N8O7S2/c1-15-4-8-17(9-5-15)40(37,38)30-23(34)31-12-2-3-19(31)21(33)26-13-20(32)28-16-6-10-18(11-7-16)39(35,36)29-22(25)27-14-24/h4-11,19H,2-3,12-13H2,1H3,(H,26,33)(H,28,32)(H,30,34)(H3,25,27,29)/t19-/m0/s1. The summed E-state index contributed by atoms with van der Waals surface area (Å²) in [7, 11) is -8.34. The Hall–Kier alpha value is -4.69. The first-order valence-electron chi connectivity index (χ1n) is 11.7. The van der Waals surface area contributed by atoms with Gasteiger partial charge in [-0.1, -0.05) is 17.7 Å². The van der Waals surface area contributed by atoms with Crippen LogP contribution in [0.1, 0.15) is 18.4 Å². The van der Waals surface area contributed by atoms with Crippen LogP contribution in [0.25, 0.3) is 0 Å². The summed E-state index contributed by atoms with van der Waals surface area (Å²) < 4.78 is 54.7. The molecule has 1 fully saturated rings. The number of anilines is 1. The molecule has 0 spiro atoms. The zero-order valence-corrected chi connectivity index (χ0v) is 22.8. The van der Waals surface area contributed by atoms with Crippen molar-refractivity contribution in [2.24, 2.45) is 10.1 Å². The van der Waals surface area contributed by atoms with E-state index in [-0.39, 0.29) is 28.4 Å². The molecule has 1 heterocycles. The first-order chi connectivity index (χ1) is 18.8. The average molecular weight is 591 g/mol. The molecule has 212 valence electrons. The summed E-state index contributed by atoms with van der Waals surface area (Å²) in [4.78, 5) is 38.5. The van der Waals surface area contributed by atoms with Crippen molar-refractivity contribution in [3.63, 3.8) is 0 Å². The van der Waals surface area contributed by atoms with Crippen molar-refractivity contribution in [2.45, 2.75) is 35.6 Å². The molecular weight excluding hydrogens is 564 g/mol. The van der Waals surface area contributed by atoms with E-state index in [1.807, 2.05) is 10.0 Å². The largest absolute Gasteiger partial charge is 0.368 e. The zero-order valence-electron chi connectivity index (χ0n) is 21.1. The lowest BCUT2D eigenvalue weighted by molar-refractivity contribution is -0.127. The van der Waals surface area contributed by atoms with Gasteiger partial charge >= 0.3 is 6.03 Å². The first kappa shape index (κ1) is 29.9. The van der Waals surface area contributed by atoms with Gasteiger partial charge in [-0.25, -0.2) is 17.9 Å². The molecule has 0 saturated carbocycles. The van der Waals surface area contributed by atoms with E-state index in [1.54, 1.807) is 19.1 Å². The topological polar surface area (TPSA) is 233 Å². The van der Waals surface area contributed by atoms with Crippen LogP contribution in [0, 0.1) is 18.4 Å². The third-order valence-electron chi connectivity index (χ3n) is 5.63. The van der Waals surface area contributed by atoms with E-state index in [2.05, 4.69) is 15.0 Å². The summed E-state index contributed by atoms with van der Waals surface area (Å²) >= 11 is 0. The Labute approximate surface area is 230 Å². The van der Waals surface area contributed by atoms with E-state index in [0.29, 0.717) is 6.42 Å². The monoisotopic (exact) mass is 590 g/mol. The van der Waals surface area contributed by atoms with Gasteiger partial charge in [0, 0.05) is 12.2 Å². The minimum atomic E-state index is -4.19. The van der Waals surface area contributed by atoms with E-state index < -0.39 is 56.4 Å². The van der Waals surface area contributed by atoms with Gasteiger partial charge in [-0.2, -0.15) is 13.7 Å². The number of sulfonamides is 2. The number of benzene rings is 2. The molecule has 0 bridgehead atoms. The number of rotatable bonds is 8. The third kappa shape index (κ3) is 7.68. The Morgan fingerprint density at radius 2 is 1.68 bits per heavy atom. The van der Waals surface area contributed by atoms with Gasteiger partial charge in [0.05, 0.1) is 16.3 Å². The number of nitriles is 1. The maximum atomic E-state index is 12.7. The molecule has 6 N–H and O–H groups in total. The molecule has 3 rings (SSSR count). The van der Waals surface area contributed by atoms with Crippen LogP contribution in [-0.2, 0) is 29.6 Å². The smallest absolute Gasteiger partial charge is 0.331 e. The maximum absolute atomic E-state index is 12.7. The van der Waals surface area contributed by atoms with Crippen molar-refractivity contribution < 1.29 is 31.2 Å². The number of carbonyl (C=O) groups is 3. The molecule has 17 heteroatoms. The van der Waals surface area contributed by atoms with Gasteiger partial charge in [-0.15, -0.1) is 4.40 Å². The fourth-order valence-electron chi connectivity index (χ4n) is 3.70. The lowest BCUT2D eigenvalue weighted by Gasteiger charge is -2.24. The molecule has 2 aromatic rings. The number of urea groups is 1. The van der Waals surface area contributed by atoms with Crippen molar-refractivity contribution >= 4 is 49.5 Å². The average Bonchev–Trinajstić information content (AvgIpc) is 3.38. The molecule has 0 unspecified atom stereocenters. The van der Waals surface area contributed by atoms with Crippen LogP contribution in [0.2, 0.25) is 0 Å². The number of likely N-dealkylation sites (tertiary alicyclic amines) is 1. The van der Waals surface area contributed by atoms with Crippen LogP contribution in [0.5, 0.6) is 0 Å². The van der Waals surface area contributed by atoms with Crippen LogP contribution in [-0.4, -0.2) is 64.7 Å². The molecule has 1 aliphatic rings. The number of hydrogen-bond donors (Lipinski definition) is 5. The van der Waals surface area contributed by atoms with Crippen LogP contribution < -0.4 is 26.4 Å². The Morgan fingerprint density at radius 1 is 1.05 bits per heavy atom. The van der Waals surface area contributed by atoms with Crippen LogP contribution in [0.4, 0.5) is 10.5 Å². The third-order valence-corrected chi connectivity index (χ3v) is 8.27. The zero-order chi connectivity index (χ0) is 29.5. The number of amides is 4. The van der Waals surface area contributed by atoms with Gasteiger partial charge in [-0.05, 0) is 56.2 Å². The Kier molecular flexibility index (Phi) is 9.29. The van der Waals surface area contributed by atoms with E-state index in [4.69, 9.17) is 11.0 Å². The number of nitrogens with one attached hydrogen (secondary N) is 4. The number of nitrogens with zero attached hydrogens (tertiary/aromatic N) is 3. The molecule has 40 heavy (non-hydrogen) atoms. The summed E-state index contributed by atoms with van der Waals surface area (Å²) in [6.07, 6.45) is 2.17. The number of aryl methyl sites for hydroxylation is 1. The molecule has 1 atom stereocenters. The minimum absolute atomic E-state index is 0.0955. The van der Waals surface area contributed by atoms with Gasteiger partial charge in [0.2, 0.25) is 17.8 Å². The van der Waals surface area contributed by atoms with Crippen LogP contribution in [0.15, 0.2) is 62.7 Å². The van der Waals surface area contributed by atoms with E-state index in [0.717, 1.165) is 22.6 Å². The van der Waals surface area contributed by atoms with Gasteiger partial charge in [-0.3, -0.25) is 14.9 Å². The first-order valence-corrected chi connectivity index (χ1v) is 14.6. The highest BCUT2D eigenvalue weighted by Gasteiger charge is 2.36. The number of guanidine groups is 1. The normalized spacial score (nSPS) is 15.6. The highest BCUT2D eigenvalue weighted by molar-refractivity contribution is 7.90. The Morgan fingerprint density at radius 3 is 2.30 bits per heavy atom. The minimum Gasteiger partial charge on any atom is -0.368 e. The lowest BCUT2D eigenvalue weighted by atomic mass is 10.2. The Balaban J connectivity index is 1.55. The quantitative estimate of drug-likeness (QED) is 0.116. The molecule has 15 nitrogen and oxygen atoms in total. The molecule has 1 aliphatic heterocycles. The van der Waals surface area contributed by atoms with E-state index >= 15 is 0 Å². The van der Waals surface area contributed by atoms with Crippen LogP contribution in [0.3, 0.4) is 0 Å². The number of hydrogen-bond acceptors (Lipinski definition) is 8. The molecule has 2 aromatic carbocycles. The van der Waals surface area contributed by atoms with Crippen molar-refractivity contribution in [2.75, 3.05) is 18.4 Å². The highest BCUT2D eigenvalue weighted by atomic mass is 32.2. The van der Waals surface area contributed by atoms with Crippen molar-refractivity contribution in [1.82, 2.24) is 20.3 Å². The second-order valence-electron chi connectivity index (χ2n) is 8.55. The molecule has 4 amide bonds. The molecule has 1 saturated heterocycles. The van der Waals surface area contributed by atoms with Crippen LogP contribution >= 0.6 is 0 Å². The number of carbonyl (C=O) groups excluding carboxylic acids is 3. The van der Waals surface area contributed by atoms with Crippen molar-refractivity contribution in [1.29, 1.82) is 5.26 Å². The Bertz CT molecular complexity index is 1570. The second-order valence-corrected chi connectivity index (χ2v) is 11.8. The molecule has 0 aromatic heterocycles. The predicted octanol–water partition coefficient (Wildman–Crippen LogP) is -0.313. The molecular formula is C23H26N8O7S2. The highest BCUT2D eigenvalue weighted by Crippen LogP contribution is 2.19. The fraction of sp³-hybridized carbons (Fsp3) is 0.261. The summed E-state index contributed by atoms with van der Waals surface area (Å²) in [5, 5.41) is 15.2. The van der Waals surface area contributed by atoms with Gasteiger partial charge < -0.3 is 21.3 Å². The van der Waals surface area contributed by atoms with E-state index in [1.165, 1.54) is 30.5 Å². The summed E-state index contributed by atoms with van der Waals surface area (Å²) in [6.45, 7) is 1.47. The maximum Gasteiger partial charge on any atom is 0.331 e.